The summed E-state index contributed by atoms with van der Waals surface area (Å²) in [5.41, 5.74) is -0.128. The van der Waals surface area contributed by atoms with Crippen molar-refractivity contribution in [3.05, 3.63) is 23.0 Å². The van der Waals surface area contributed by atoms with Gasteiger partial charge in [0.25, 0.3) is 5.91 Å². The summed E-state index contributed by atoms with van der Waals surface area (Å²) < 4.78 is 5.19. The molecule has 0 bridgehead atoms. The smallest absolute Gasteiger partial charge is 0.407 e. The quantitative estimate of drug-likeness (QED) is 0.777. The number of aromatic nitrogens is 1. The first-order valence-corrected chi connectivity index (χ1v) is 7.74. The summed E-state index contributed by atoms with van der Waals surface area (Å²) in [4.78, 5) is 26.6. The van der Waals surface area contributed by atoms with Gasteiger partial charge in [0.05, 0.1) is 5.02 Å². The van der Waals surface area contributed by atoms with E-state index in [2.05, 4.69) is 15.6 Å². The van der Waals surface area contributed by atoms with E-state index in [0.717, 1.165) is 12.8 Å². The molecular weight excluding hydrogens is 306 g/mol. The molecule has 2 rings (SSSR count). The maximum absolute atomic E-state index is 12.1. The number of hydrogen-bond donors (Lipinski definition) is 3. The minimum atomic E-state index is -0.538. The van der Waals surface area contributed by atoms with Crippen LogP contribution in [0.4, 0.5) is 4.79 Å². The molecule has 2 amide bonds. The van der Waals surface area contributed by atoms with Gasteiger partial charge >= 0.3 is 6.09 Å². The van der Waals surface area contributed by atoms with Crippen LogP contribution >= 0.6 is 11.6 Å². The van der Waals surface area contributed by atoms with Crippen molar-refractivity contribution < 1.29 is 14.3 Å². The summed E-state index contributed by atoms with van der Waals surface area (Å²) in [6, 6.07) is 1.46. The second kappa shape index (κ2) is 6.60. The fourth-order valence-corrected chi connectivity index (χ4v) is 2.25. The Kier molecular flexibility index (Phi) is 5.01. The number of carbonyl (C=O) groups is 2. The highest BCUT2D eigenvalue weighted by Gasteiger charge is 2.33. The lowest BCUT2D eigenvalue weighted by molar-refractivity contribution is 0.0518. The molecule has 0 aliphatic heterocycles. The van der Waals surface area contributed by atoms with Crippen LogP contribution in [0, 0.1) is 5.92 Å². The van der Waals surface area contributed by atoms with Crippen molar-refractivity contribution in [2.24, 2.45) is 5.92 Å². The Morgan fingerprint density at radius 2 is 2.14 bits per heavy atom. The second-order valence-electron chi connectivity index (χ2n) is 6.53. The minimum absolute atomic E-state index is 0.109. The third-order valence-corrected chi connectivity index (χ3v) is 3.48. The van der Waals surface area contributed by atoms with Crippen LogP contribution in [-0.4, -0.2) is 35.2 Å². The van der Waals surface area contributed by atoms with Crippen molar-refractivity contribution in [3.8, 4) is 0 Å². The summed E-state index contributed by atoms with van der Waals surface area (Å²) >= 11 is 5.80. The zero-order valence-electron chi connectivity index (χ0n) is 13.0. The summed E-state index contributed by atoms with van der Waals surface area (Å²) in [6.07, 6.45) is 3.18. The van der Waals surface area contributed by atoms with E-state index >= 15 is 0 Å². The number of nitrogens with one attached hydrogen (secondary N) is 3. The van der Waals surface area contributed by atoms with Gasteiger partial charge in [-0.05, 0) is 45.6 Å². The molecule has 1 aromatic heterocycles. The molecule has 0 unspecified atom stereocenters. The summed E-state index contributed by atoms with van der Waals surface area (Å²) in [7, 11) is 0. The number of amides is 2. The summed E-state index contributed by atoms with van der Waals surface area (Å²) in [5.74, 6) is 0.166. The molecule has 0 aromatic carbocycles. The SMILES string of the molecule is CC(C)(C)OC(=O)NC[C@H](NC(=O)c1cc(Cl)c[nH]1)C1CC1. The first-order valence-electron chi connectivity index (χ1n) is 7.36. The summed E-state index contributed by atoms with van der Waals surface area (Å²) in [6.45, 7) is 5.77. The molecule has 0 spiro atoms. The van der Waals surface area contributed by atoms with Gasteiger partial charge in [0.15, 0.2) is 0 Å². The van der Waals surface area contributed by atoms with E-state index in [1.54, 1.807) is 12.3 Å². The van der Waals surface area contributed by atoms with Gasteiger partial charge in [-0.2, -0.15) is 0 Å². The van der Waals surface area contributed by atoms with Crippen molar-refractivity contribution in [2.75, 3.05) is 6.54 Å². The van der Waals surface area contributed by atoms with Gasteiger partial charge in [-0.3, -0.25) is 4.79 Å². The predicted octanol–water partition coefficient (Wildman–Crippen LogP) is 2.70. The van der Waals surface area contributed by atoms with Crippen LogP contribution in [-0.2, 0) is 4.74 Å². The molecule has 1 atom stereocenters. The van der Waals surface area contributed by atoms with E-state index in [-0.39, 0.29) is 11.9 Å². The molecule has 1 heterocycles. The lowest BCUT2D eigenvalue weighted by atomic mass is 10.1. The molecule has 122 valence electrons. The zero-order valence-corrected chi connectivity index (χ0v) is 13.8. The monoisotopic (exact) mass is 327 g/mol. The van der Waals surface area contributed by atoms with Gasteiger partial charge < -0.3 is 20.4 Å². The van der Waals surface area contributed by atoms with Gasteiger partial charge in [-0.1, -0.05) is 11.6 Å². The molecule has 1 fully saturated rings. The van der Waals surface area contributed by atoms with Crippen LogP contribution in [0.1, 0.15) is 44.1 Å². The first kappa shape index (κ1) is 16.7. The number of H-pyrrole nitrogens is 1. The van der Waals surface area contributed by atoms with E-state index in [9.17, 15) is 9.59 Å². The van der Waals surface area contributed by atoms with Crippen LogP contribution < -0.4 is 10.6 Å². The minimum Gasteiger partial charge on any atom is -0.444 e. The molecule has 6 nitrogen and oxygen atoms in total. The average molecular weight is 328 g/mol. The molecule has 7 heteroatoms. The fraction of sp³-hybridized carbons (Fsp3) is 0.600. The van der Waals surface area contributed by atoms with Gasteiger partial charge in [-0.15, -0.1) is 0 Å². The molecule has 3 N–H and O–H groups in total. The Bertz CT molecular complexity index is 546. The van der Waals surface area contributed by atoms with Crippen LogP contribution in [0.3, 0.4) is 0 Å². The van der Waals surface area contributed by atoms with Crippen molar-refractivity contribution >= 4 is 23.6 Å². The third-order valence-electron chi connectivity index (χ3n) is 3.27. The van der Waals surface area contributed by atoms with Crippen LogP contribution in [0.5, 0.6) is 0 Å². The Hall–Kier alpha value is -1.69. The van der Waals surface area contributed by atoms with E-state index in [0.29, 0.717) is 23.2 Å². The Balaban J connectivity index is 1.85. The number of aromatic amines is 1. The van der Waals surface area contributed by atoms with E-state index in [1.807, 2.05) is 20.8 Å². The number of rotatable bonds is 5. The van der Waals surface area contributed by atoms with E-state index in [4.69, 9.17) is 16.3 Å². The highest BCUT2D eigenvalue weighted by atomic mass is 35.5. The van der Waals surface area contributed by atoms with E-state index < -0.39 is 11.7 Å². The van der Waals surface area contributed by atoms with Crippen molar-refractivity contribution in [3.63, 3.8) is 0 Å². The molecule has 1 saturated carbocycles. The number of carbonyl (C=O) groups excluding carboxylic acids is 2. The number of halogens is 1. The largest absolute Gasteiger partial charge is 0.444 e. The maximum atomic E-state index is 12.1. The fourth-order valence-electron chi connectivity index (χ4n) is 2.09. The first-order chi connectivity index (χ1) is 10.2. The Labute approximate surface area is 134 Å². The Morgan fingerprint density at radius 3 is 2.64 bits per heavy atom. The van der Waals surface area contributed by atoms with Gasteiger partial charge in [-0.25, -0.2) is 4.79 Å². The standard InChI is InChI=1S/C15H22ClN3O3/c1-15(2,3)22-14(21)18-8-12(9-4-5-9)19-13(20)11-6-10(16)7-17-11/h6-7,9,12,17H,4-5,8H2,1-3H3,(H,18,21)(H,19,20)/t12-/m0/s1. The molecule has 22 heavy (non-hydrogen) atoms. The highest BCUT2D eigenvalue weighted by molar-refractivity contribution is 6.30. The van der Waals surface area contributed by atoms with Crippen molar-refractivity contribution in [2.45, 2.75) is 45.3 Å². The Morgan fingerprint density at radius 1 is 1.45 bits per heavy atom. The van der Waals surface area contributed by atoms with Crippen LogP contribution in [0.15, 0.2) is 12.3 Å². The molecule has 1 aromatic rings. The van der Waals surface area contributed by atoms with Gasteiger partial charge in [0, 0.05) is 18.8 Å². The van der Waals surface area contributed by atoms with Crippen LogP contribution in [0.2, 0.25) is 5.02 Å². The van der Waals surface area contributed by atoms with Gasteiger partial charge in [0.1, 0.15) is 11.3 Å². The topological polar surface area (TPSA) is 83.2 Å². The molecular formula is C15H22ClN3O3. The third kappa shape index (κ3) is 5.26. The van der Waals surface area contributed by atoms with Gasteiger partial charge in [0.2, 0.25) is 0 Å². The maximum Gasteiger partial charge on any atom is 0.407 e. The average Bonchev–Trinajstić information content (AvgIpc) is 3.14. The van der Waals surface area contributed by atoms with Crippen molar-refractivity contribution in [1.82, 2.24) is 15.6 Å². The zero-order chi connectivity index (χ0) is 16.3. The van der Waals surface area contributed by atoms with E-state index in [1.165, 1.54) is 0 Å². The normalized spacial score (nSPS) is 16.0. The molecule has 1 aliphatic rings. The number of hydrogen-bond acceptors (Lipinski definition) is 3. The molecule has 0 radical (unpaired) electrons. The van der Waals surface area contributed by atoms with Crippen molar-refractivity contribution in [1.29, 1.82) is 0 Å². The lowest BCUT2D eigenvalue weighted by Gasteiger charge is -2.22. The second-order valence-corrected chi connectivity index (χ2v) is 6.97. The number of ether oxygens (including phenoxy) is 1. The highest BCUT2D eigenvalue weighted by Crippen LogP contribution is 2.32. The van der Waals surface area contributed by atoms with Crippen LogP contribution in [0.25, 0.3) is 0 Å². The predicted molar refractivity (Wildman–Crippen MR) is 84.0 cm³/mol. The lowest BCUT2D eigenvalue weighted by Crippen LogP contribution is -2.46. The number of alkyl carbamates (subject to hydrolysis) is 1. The molecule has 0 saturated heterocycles. The summed E-state index contributed by atoms with van der Waals surface area (Å²) in [5, 5.41) is 6.12. The molecule has 1 aliphatic carbocycles.